The molecular formula is C9H13NO. The van der Waals surface area contributed by atoms with Gasteiger partial charge in [0.2, 0.25) is 0 Å². The van der Waals surface area contributed by atoms with Gasteiger partial charge in [0.05, 0.1) is 0 Å². The predicted molar refractivity (Wildman–Crippen MR) is 44.4 cm³/mol. The standard InChI is InChI=1S/C9H13NO/c1-8-2-4-9(5-3-8)10(11)6-7-10/h2,4H,3,5-7H2,1H3. The van der Waals surface area contributed by atoms with E-state index in [4.69, 9.17) is 0 Å². The molecule has 0 saturated carbocycles. The monoisotopic (exact) mass is 151 g/mol. The first-order chi connectivity index (χ1) is 5.21. The van der Waals surface area contributed by atoms with Crippen LogP contribution < -0.4 is 0 Å². The van der Waals surface area contributed by atoms with Crippen molar-refractivity contribution in [3.05, 3.63) is 28.6 Å². The second-order valence-electron chi connectivity index (χ2n) is 3.51. The molecule has 2 rings (SSSR count). The van der Waals surface area contributed by atoms with Gasteiger partial charge in [0.25, 0.3) is 0 Å². The van der Waals surface area contributed by atoms with Crippen LogP contribution in [0.5, 0.6) is 0 Å². The van der Waals surface area contributed by atoms with Crippen LogP contribution in [-0.2, 0) is 0 Å². The highest BCUT2D eigenvalue weighted by molar-refractivity contribution is 5.20. The summed E-state index contributed by atoms with van der Waals surface area (Å²) >= 11 is 0. The second kappa shape index (κ2) is 2.19. The molecule has 1 aliphatic carbocycles. The molecule has 0 aromatic heterocycles. The molecule has 2 heteroatoms. The Balaban J connectivity index is 2.16. The number of rotatable bonds is 1. The first-order valence-corrected chi connectivity index (χ1v) is 4.16. The molecule has 0 bridgehead atoms. The van der Waals surface area contributed by atoms with Crippen LogP contribution in [0.25, 0.3) is 0 Å². The molecule has 60 valence electrons. The number of quaternary nitrogens is 1. The lowest BCUT2D eigenvalue weighted by Gasteiger charge is -2.25. The summed E-state index contributed by atoms with van der Waals surface area (Å²) in [5.74, 6) is 0. The van der Waals surface area contributed by atoms with Crippen molar-refractivity contribution < 1.29 is 4.65 Å². The van der Waals surface area contributed by atoms with Crippen LogP contribution in [-0.4, -0.2) is 17.7 Å². The fourth-order valence-corrected chi connectivity index (χ4v) is 1.45. The first kappa shape index (κ1) is 7.07. The molecule has 0 atom stereocenters. The van der Waals surface area contributed by atoms with E-state index in [0.29, 0.717) is 0 Å². The lowest BCUT2D eigenvalue weighted by atomic mass is 10.0. The molecule has 2 nitrogen and oxygen atoms in total. The average Bonchev–Trinajstić information content (AvgIpc) is 2.70. The summed E-state index contributed by atoms with van der Waals surface area (Å²) in [7, 11) is 0. The van der Waals surface area contributed by atoms with Crippen molar-refractivity contribution in [3.63, 3.8) is 0 Å². The van der Waals surface area contributed by atoms with Crippen LogP contribution in [0.2, 0.25) is 0 Å². The zero-order valence-electron chi connectivity index (χ0n) is 6.84. The Labute approximate surface area is 67.0 Å². The van der Waals surface area contributed by atoms with Gasteiger partial charge in [-0.15, -0.1) is 0 Å². The van der Waals surface area contributed by atoms with E-state index in [-0.39, 0.29) is 4.65 Å². The van der Waals surface area contributed by atoms with Crippen LogP contribution in [0.3, 0.4) is 0 Å². The summed E-state index contributed by atoms with van der Waals surface area (Å²) < 4.78 is -0.0240. The first-order valence-electron chi connectivity index (χ1n) is 4.16. The molecule has 0 radical (unpaired) electrons. The van der Waals surface area contributed by atoms with Gasteiger partial charge in [-0.3, -0.25) is 0 Å². The van der Waals surface area contributed by atoms with Crippen LogP contribution in [0.1, 0.15) is 19.8 Å². The maximum Gasteiger partial charge on any atom is 0.133 e. The molecule has 0 amide bonds. The van der Waals surface area contributed by atoms with Gasteiger partial charge in [-0.05, 0) is 19.4 Å². The third kappa shape index (κ3) is 1.24. The van der Waals surface area contributed by atoms with Crippen molar-refractivity contribution in [2.75, 3.05) is 13.1 Å². The van der Waals surface area contributed by atoms with Crippen molar-refractivity contribution in [2.45, 2.75) is 19.8 Å². The third-order valence-electron chi connectivity index (χ3n) is 2.49. The average molecular weight is 151 g/mol. The SMILES string of the molecule is CC1=CC=C([N+]2([O-])CC2)CC1. The molecule has 1 heterocycles. The minimum atomic E-state index is -0.0240. The number of hydrogen-bond donors (Lipinski definition) is 0. The Morgan fingerprint density at radius 1 is 1.27 bits per heavy atom. The highest BCUT2D eigenvalue weighted by Gasteiger charge is 2.37. The van der Waals surface area contributed by atoms with E-state index in [9.17, 15) is 5.21 Å². The Hall–Kier alpha value is -0.600. The molecule has 11 heavy (non-hydrogen) atoms. The lowest BCUT2D eigenvalue weighted by molar-refractivity contribution is -0.701. The van der Waals surface area contributed by atoms with Crippen molar-refractivity contribution >= 4 is 0 Å². The molecule has 2 aliphatic rings. The van der Waals surface area contributed by atoms with E-state index in [1.807, 2.05) is 6.08 Å². The Bertz CT molecular complexity index is 236. The molecule has 0 N–H and O–H groups in total. The van der Waals surface area contributed by atoms with Crippen LogP contribution >= 0.6 is 0 Å². The lowest BCUT2D eigenvalue weighted by Crippen LogP contribution is -2.17. The van der Waals surface area contributed by atoms with Gasteiger partial charge in [0, 0.05) is 6.42 Å². The van der Waals surface area contributed by atoms with Gasteiger partial charge >= 0.3 is 0 Å². The van der Waals surface area contributed by atoms with Gasteiger partial charge in [0.1, 0.15) is 18.8 Å². The molecule has 0 aromatic carbocycles. The number of hydroxylamine groups is 3. The smallest absolute Gasteiger partial charge is 0.133 e. The van der Waals surface area contributed by atoms with E-state index in [0.717, 1.165) is 31.6 Å². The topological polar surface area (TPSA) is 23.1 Å². The predicted octanol–water partition coefficient (Wildman–Crippen LogP) is 1.94. The van der Waals surface area contributed by atoms with E-state index >= 15 is 0 Å². The minimum absolute atomic E-state index is 0.0240. The number of nitrogens with zero attached hydrogens (tertiary/aromatic N) is 1. The second-order valence-corrected chi connectivity index (χ2v) is 3.51. The molecule has 1 fully saturated rings. The van der Waals surface area contributed by atoms with E-state index < -0.39 is 0 Å². The summed E-state index contributed by atoms with van der Waals surface area (Å²) in [5, 5.41) is 11.5. The van der Waals surface area contributed by atoms with Gasteiger partial charge < -0.3 is 9.85 Å². The Morgan fingerprint density at radius 3 is 2.45 bits per heavy atom. The van der Waals surface area contributed by atoms with Crippen molar-refractivity contribution in [1.82, 2.24) is 0 Å². The van der Waals surface area contributed by atoms with E-state index in [1.54, 1.807) is 0 Å². The molecular weight excluding hydrogens is 138 g/mol. The van der Waals surface area contributed by atoms with Crippen molar-refractivity contribution in [1.29, 1.82) is 0 Å². The molecule has 1 aliphatic heterocycles. The van der Waals surface area contributed by atoms with Gasteiger partial charge in [-0.1, -0.05) is 11.6 Å². The highest BCUT2D eigenvalue weighted by Crippen LogP contribution is 2.33. The summed E-state index contributed by atoms with van der Waals surface area (Å²) in [4.78, 5) is 0. The van der Waals surface area contributed by atoms with Gasteiger partial charge in [-0.2, -0.15) is 0 Å². The fourth-order valence-electron chi connectivity index (χ4n) is 1.45. The molecule has 1 saturated heterocycles. The normalized spacial score (nSPS) is 27.5. The van der Waals surface area contributed by atoms with Crippen molar-refractivity contribution in [3.8, 4) is 0 Å². The van der Waals surface area contributed by atoms with Crippen LogP contribution in [0.15, 0.2) is 23.4 Å². The van der Waals surface area contributed by atoms with E-state index in [2.05, 4.69) is 13.0 Å². The summed E-state index contributed by atoms with van der Waals surface area (Å²) in [6.07, 6.45) is 6.15. The van der Waals surface area contributed by atoms with Crippen molar-refractivity contribution in [2.24, 2.45) is 0 Å². The van der Waals surface area contributed by atoms with Crippen LogP contribution in [0, 0.1) is 5.21 Å². The molecule has 0 unspecified atom stereocenters. The summed E-state index contributed by atoms with van der Waals surface area (Å²) in [5.41, 5.74) is 2.47. The zero-order valence-corrected chi connectivity index (χ0v) is 6.84. The fraction of sp³-hybridized carbons (Fsp3) is 0.556. The third-order valence-corrected chi connectivity index (χ3v) is 2.49. The van der Waals surface area contributed by atoms with Gasteiger partial charge in [-0.25, -0.2) is 0 Å². The quantitative estimate of drug-likeness (QED) is 0.319. The Kier molecular flexibility index (Phi) is 1.41. The summed E-state index contributed by atoms with van der Waals surface area (Å²) in [6.45, 7) is 3.72. The minimum Gasteiger partial charge on any atom is -0.627 e. The molecule has 0 aromatic rings. The maximum absolute atomic E-state index is 11.5. The zero-order chi connectivity index (χ0) is 7.90. The summed E-state index contributed by atoms with van der Waals surface area (Å²) in [6, 6.07) is 0. The van der Waals surface area contributed by atoms with Crippen LogP contribution in [0.4, 0.5) is 0 Å². The highest BCUT2D eigenvalue weighted by atomic mass is 16.6. The molecule has 0 spiro atoms. The Morgan fingerprint density at radius 2 is 2.00 bits per heavy atom. The maximum atomic E-state index is 11.5. The van der Waals surface area contributed by atoms with E-state index in [1.165, 1.54) is 5.57 Å². The van der Waals surface area contributed by atoms with Gasteiger partial charge in [0.15, 0.2) is 0 Å². The largest absolute Gasteiger partial charge is 0.627 e. The number of allylic oxidation sites excluding steroid dienone is 4. The number of hydrogen-bond acceptors (Lipinski definition) is 1.